The molecule has 0 saturated carbocycles. The Kier molecular flexibility index (Phi) is 5.18. The number of hydrogen-bond acceptors (Lipinski definition) is 3. The SMILES string of the molecule is Cc1cc(NC(=O)Cc2c(C)nn(-c3ccccc3)c2C)n(-c2ccc(F)cc2)n1. The quantitative estimate of drug-likeness (QED) is 0.540. The number of carbonyl (C=O) groups is 1. The van der Waals surface area contributed by atoms with Crippen molar-refractivity contribution >= 4 is 11.7 Å². The van der Waals surface area contributed by atoms with Gasteiger partial charge in [0, 0.05) is 17.3 Å². The Morgan fingerprint density at radius 2 is 1.60 bits per heavy atom. The first-order valence-electron chi connectivity index (χ1n) is 9.65. The topological polar surface area (TPSA) is 64.7 Å². The Bertz CT molecular complexity index is 1190. The molecule has 0 radical (unpaired) electrons. The fourth-order valence-electron chi connectivity index (χ4n) is 3.47. The first kappa shape index (κ1) is 19.6. The molecule has 0 saturated heterocycles. The third kappa shape index (κ3) is 3.87. The van der Waals surface area contributed by atoms with Gasteiger partial charge in [0.2, 0.25) is 5.91 Å². The predicted octanol–water partition coefficient (Wildman–Crippen LogP) is 4.30. The Morgan fingerprint density at radius 1 is 0.933 bits per heavy atom. The van der Waals surface area contributed by atoms with Crippen molar-refractivity contribution in [3.63, 3.8) is 0 Å². The van der Waals surface area contributed by atoms with E-state index in [1.54, 1.807) is 22.9 Å². The average molecular weight is 403 g/mol. The zero-order valence-electron chi connectivity index (χ0n) is 17.1. The van der Waals surface area contributed by atoms with Crippen LogP contribution < -0.4 is 5.32 Å². The van der Waals surface area contributed by atoms with E-state index in [1.807, 2.05) is 55.8 Å². The van der Waals surface area contributed by atoms with E-state index in [0.29, 0.717) is 11.5 Å². The summed E-state index contributed by atoms with van der Waals surface area (Å²) in [5.41, 5.74) is 5.01. The van der Waals surface area contributed by atoms with E-state index < -0.39 is 0 Å². The van der Waals surface area contributed by atoms with Crippen LogP contribution in [-0.4, -0.2) is 25.5 Å². The van der Waals surface area contributed by atoms with Crippen molar-refractivity contribution in [1.29, 1.82) is 0 Å². The maximum Gasteiger partial charge on any atom is 0.230 e. The van der Waals surface area contributed by atoms with E-state index in [-0.39, 0.29) is 18.1 Å². The normalized spacial score (nSPS) is 10.9. The van der Waals surface area contributed by atoms with Gasteiger partial charge in [0.1, 0.15) is 11.6 Å². The summed E-state index contributed by atoms with van der Waals surface area (Å²) in [5, 5.41) is 11.9. The number of nitrogens with zero attached hydrogens (tertiary/aromatic N) is 4. The van der Waals surface area contributed by atoms with Crippen molar-refractivity contribution in [3.8, 4) is 11.4 Å². The van der Waals surface area contributed by atoms with Gasteiger partial charge in [-0.1, -0.05) is 18.2 Å². The summed E-state index contributed by atoms with van der Waals surface area (Å²) in [6, 6.07) is 17.6. The highest BCUT2D eigenvalue weighted by molar-refractivity contribution is 5.92. The van der Waals surface area contributed by atoms with Crippen molar-refractivity contribution in [3.05, 3.63) is 89.1 Å². The zero-order valence-corrected chi connectivity index (χ0v) is 17.1. The van der Waals surface area contributed by atoms with Gasteiger partial charge in [-0.05, 0) is 57.2 Å². The number of aryl methyl sites for hydroxylation is 2. The van der Waals surface area contributed by atoms with Gasteiger partial charge in [-0.3, -0.25) is 4.79 Å². The van der Waals surface area contributed by atoms with Crippen molar-refractivity contribution in [2.45, 2.75) is 27.2 Å². The molecule has 4 rings (SSSR count). The van der Waals surface area contributed by atoms with E-state index in [2.05, 4.69) is 15.5 Å². The third-order valence-electron chi connectivity index (χ3n) is 4.95. The highest BCUT2D eigenvalue weighted by atomic mass is 19.1. The predicted molar refractivity (Wildman–Crippen MR) is 114 cm³/mol. The number of anilines is 1. The van der Waals surface area contributed by atoms with Crippen molar-refractivity contribution in [1.82, 2.24) is 19.6 Å². The summed E-state index contributed by atoms with van der Waals surface area (Å²) in [5.74, 6) is 0.0431. The lowest BCUT2D eigenvalue weighted by Gasteiger charge is -2.09. The van der Waals surface area contributed by atoms with Gasteiger partial charge in [-0.2, -0.15) is 10.2 Å². The molecule has 2 heterocycles. The second-order valence-electron chi connectivity index (χ2n) is 7.18. The van der Waals surface area contributed by atoms with Crippen LogP contribution in [0.4, 0.5) is 10.2 Å². The molecule has 152 valence electrons. The molecule has 2 aromatic carbocycles. The molecule has 0 aliphatic rings. The van der Waals surface area contributed by atoms with Gasteiger partial charge in [-0.15, -0.1) is 0 Å². The van der Waals surface area contributed by atoms with Crippen LogP contribution in [0.25, 0.3) is 11.4 Å². The lowest BCUT2D eigenvalue weighted by Crippen LogP contribution is -2.18. The number of nitrogens with one attached hydrogen (secondary N) is 1. The molecule has 0 spiro atoms. The van der Waals surface area contributed by atoms with Gasteiger partial charge < -0.3 is 5.32 Å². The summed E-state index contributed by atoms with van der Waals surface area (Å²) < 4.78 is 16.7. The Morgan fingerprint density at radius 3 is 2.30 bits per heavy atom. The summed E-state index contributed by atoms with van der Waals surface area (Å²) in [7, 11) is 0. The molecule has 30 heavy (non-hydrogen) atoms. The van der Waals surface area contributed by atoms with E-state index >= 15 is 0 Å². The Balaban J connectivity index is 1.57. The number of rotatable bonds is 5. The van der Waals surface area contributed by atoms with Gasteiger partial charge in [0.05, 0.1) is 29.2 Å². The Labute approximate surface area is 174 Å². The van der Waals surface area contributed by atoms with Gasteiger partial charge in [-0.25, -0.2) is 13.8 Å². The third-order valence-corrected chi connectivity index (χ3v) is 4.95. The Hall–Kier alpha value is -3.74. The standard InChI is InChI=1S/C23H22FN5O/c1-15-13-22(29(26-15)20-11-9-18(24)10-12-20)25-23(30)14-21-16(2)27-28(17(21)3)19-7-5-4-6-8-19/h4-13H,14H2,1-3H3,(H,25,30). The van der Waals surface area contributed by atoms with Crippen LogP contribution in [0.5, 0.6) is 0 Å². The van der Waals surface area contributed by atoms with Crippen LogP contribution in [-0.2, 0) is 11.2 Å². The number of hydrogen-bond donors (Lipinski definition) is 1. The zero-order chi connectivity index (χ0) is 21.3. The number of aromatic nitrogens is 4. The van der Waals surface area contributed by atoms with Crippen LogP contribution >= 0.6 is 0 Å². The molecular weight excluding hydrogens is 381 g/mol. The fraction of sp³-hybridized carbons (Fsp3) is 0.174. The molecule has 0 unspecified atom stereocenters. The summed E-state index contributed by atoms with van der Waals surface area (Å²) >= 11 is 0. The molecular formula is C23H22FN5O. The lowest BCUT2D eigenvalue weighted by atomic mass is 10.1. The summed E-state index contributed by atoms with van der Waals surface area (Å²) in [6.07, 6.45) is 0.193. The molecule has 0 bridgehead atoms. The maximum atomic E-state index is 13.3. The molecule has 4 aromatic rings. The molecule has 1 N–H and O–H groups in total. The molecule has 2 aromatic heterocycles. The largest absolute Gasteiger partial charge is 0.310 e. The molecule has 0 aliphatic heterocycles. The van der Waals surface area contributed by atoms with Gasteiger partial charge >= 0.3 is 0 Å². The first-order chi connectivity index (χ1) is 14.4. The van der Waals surface area contributed by atoms with Crippen LogP contribution in [0.2, 0.25) is 0 Å². The molecule has 0 atom stereocenters. The van der Waals surface area contributed by atoms with Crippen molar-refractivity contribution < 1.29 is 9.18 Å². The van der Waals surface area contributed by atoms with Crippen LogP contribution in [0.1, 0.15) is 22.6 Å². The maximum absolute atomic E-state index is 13.3. The molecule has 1 amide bonds. The van der Waals surface area contributed by atoms with Crippen LogP contribution in [0.15, 0.2) is 60.7 Å². The van der Waals surface area contributed by atoms with Crippen molar-refractivity contribution in [2.24, 2.45) is 0 Å². The second kappa shape index (κ2) is 7.94. The van der Waals surface area contributed by atoms with Gasteiger partial charge in [0.25, 0.3) is 0 Å². The van der Waals surface area contributed by atoms with Gasteiger partial charge in [0.15, 0.2) is 0 Å². The van der Waals surface area contributed by atoms with E-state index in [4.69, 9.17) is 0 Å². The smallest absolute Gasteiger partial charge is 0.230 e. The molecule has 7 heteroatoms. The van der Waals surface area contributed by atoms with E-state index in [0.717, 1.165) is 28.3 Å². The lowest BCUT2D eigenvalue weighted by molar-refractivity contribution is -0.115. The number of halogens is 1. The summed E-state index contributed by atoms with van der Waals surface area (Å²) in [6.45, 7) is 5.71. The fourth-order valence-corrected chi connectivity index (χ4v) is 3.47. The number of para-hydroxylation sites is 1. The van der Waals surface area contributed by atoms with E-state index in [9.17, 15) is 9.18 Å². The minimum atomic E-state index is -0.324. The number of benzene rings is 2. The highest BCUT2D eigenvalue weighted by Gasteiger charge is 2.17. The summed E-state index contributed by atoms with van der Waals surface area (Å²) in [4.78, 5) is 12.8. The number of amides is 1. The number of carbonyl (C=O) groups excluding carboxylic acids is 1. The monoisotopic (exact) mass is 403 g/mol. The minimum absolute atomic E-state index is 0.169. The average Bonchev–Trinajstić information content (AvgIpc) is 3.23. The highest BCUT2D eigenvalue weighted by Crippen LogP contribution is 2.21. The van der Waals surface area contributed by atoms with Crippen LogP contribution in [0.3, 0.4) is 0 Å². The first-order valence-corrected chi connectivity index (χ1v) is 9.65. The van der Waals surface area contributed by atoms with Crippen LogP contribution in [0, 0.1) is 26.6 Å². The van der Waals surface area contributed by atoms with E-state index in [1.165, 1.54) is 12.1 Å². The molecule has 0 aliphatic carbocycles. The molecule has 0 fully saturated rings. The molecule has 6 nitrogen and oxygen atoms in total. The van der Waals surface area contributed by atoms with Crippen molar-refractivity contribution in [2.75, 3.05) is 5.32 Å². The minimum Gasteiger partial charge on any atom is -0.310 e. The second-order valence-corrected chi connectivity index (χ2v) is 7.18.